The highest BCUT2D eigenvalue weighted by molar-refractivity contribution is 6.07. The summed E-state index contributed by atoms with van der Waals surface area (Å²) in [5.41, 5.74) is 0.422. The Balaban J connectivity index is 2.27. The summed E-state index contributed by atoms with van der Waals surface area (Å²) in [6.45, 7) is 2.56. The van der Waals surface area contributed by atoms with Crippen LogP contribution < -0.4 is 0 Å². The number of carbonyl (C=O) groups is 3. The first-order valence-electron chi connectivity index (χ1n) is 6.20. The van der Waals surface area contributed by atoms with E-state index in [0.29, 0.717) is 13.1 Å². The molecule has 5 nitrogen and oxygen atoms in total. The lowest BCUT2D eigenvalue weighted by atomic mass is 10.1. The molecule has 1 aliphatic heterocycles. The van der Waals surface area contributed by atoms with Gasteiger partial charge in [0.2, 0.25) is 0 Å². The summed E-state index contributed by atoms with van der Waals surface area (Å²) in [6.07, 6.45) is 1.96. The third-order valence-electron chi connectivity index (χ3n) is 3.01. The number of rotatable bonds is 2. The summed E-state index contributed by atoms with van der Waals surface area (Å²) in [5, 5.41) is 0. The highest BCUT2D eigenvalue weighted by Gasteiger charge is 2.24. The van der Waals surface area contributed by atoms with Crippen molar-refractivity contribution in [2.75, 3.05) is 13.1 Å². The molecule has 1 fully saturated rings. The van der Waals surface area contributed by atoms with Crippen molar-refractivity contribution in [3.05, 3.63) is 35.4 Å². The van der Waals surface area contributed by atoms with Crippen LogP contribution in [-0.2, 0) is 9.53 Å². The molecule has 5 heteroatoms. The highest BCUT2D eigenvalue weighted by atomic mass is 16.6. The van der Waals surface area contributed by atoms with E-state index in [1.165, 1.54) is 6.07 Å². The van der Waals surface area contributed by atoms with Crippen molar-refractivity contribution in [1.29, 1.82) is 0 Å². The van der Waals surface area contributed by atoms with Crippen molar-refractivity contribution in [3.8, 4) is 0 Å². The number of hydrogen-bond acceptors (Lipinski definition) is 4. The highest BCUT2D eigenvalue weighted by Crippen LogP contribution is 2.17. The molecule has 1 amide bonds. The van der Waals surface area contributed by atoms with Gasteiger partial charge in [0.15, 0.2) is 0 Å². The van der Waals surface area contributed by atoms with E-state index in [1.807, 2.05) is 0 Å². The molecule has 0 N–H and O–H groups in total. The summed E-state index contributed by atoms with van der Waals surface area (Å²) in [7, 11) is 0. The second-order valence-corrected chi connectivity index (χ2v) is 4.43. The number of carbonyl (C=O) groups excluding carboxylic acids is 3. The standard InChI is InChI=1S/C14H15NO4/c1-10(16)19-14(18)12-7-3-2-6-11(12)13(17)15-8-4-5-9-15/h2-3,6-7H,4-5,8-9H2,1H3. The van der Waals surface area contributed by atoms with E-state index >= 15 is 0 Å². The second-order valence-electron chi connectivity index (χ2n) is 4.43. The first-order chi connectivity index (χ1) is 9.09. The third kappa shape index (κ3) is 2.99. The van der Waals surface area contributed by atoms with E-state index in [0.717, 1.165) is 19.8 Å². The second kappa shape index (κ2) is 5.65. The summed E-state index contributed by atoms with van der Waals surface area (Å²) in [5.74, 6) is -1.65. The Hall–Kier alpha value is -2.17. The fraction of sp³-hybridized carbons (Fsp3) is 0.357. The minimum Gasteiger partial charge on any atom is -0.390 e. The first kappa shape index (κ1) is 13.3. The molecule has 1 aromatic carbocycles. The van der Waals surface area contributed by atoms with Crippen molar-refractivity contribution in [2.45, 2.75) is 19.8 Å². The predicted molar refractivity (Wildman–Crippen MR) is 67.7 cm³/mol. The molecule has 0 bridgehead atoms. The zero-order valence-electron chi connectivity index (χ0n) is 10.7. The van der Waals surface area contributed by atoms with Crippen molar-refractivity contribution in [2.24, 2.45) is 0 Å². The molecule has 0 unspecified atom stereocenters. The number of likely N-dealkylation sites (tertiary alicyclic amines) is 1. The number of hydrogen-bond donors (Lipinski definition) is 0. The van der Waals surface area contributed by atoms with Gasteiger partial charge in [0, 0.05) is 20.0 Å². The lowest BCUT2D eigenvalue weighted by Crippen LogP contribution is -2.29. The van der Waals surface area contributed by atoms with Gasteiger partial charge >= 0.3 is 11.9 Å². The minimum atomic E-state index is -0.782. The van der Waals surface area contributed by atoms with E-state index in [9.17, 15) is 14.4 Å². The topological polar surface area (TPSA) is 63.7 Å². The Morgan fingerprint density at radius 1 is 1.05 bits per heavy atom. The molecule has 100 valence electrons. The largest absolute Gasteiger partial charge is 0.390 e. The number of esters is 2. The summed E-state index contributed by atoms with van der Waals surface area (Å²) in [4.78, 5) is 36.6. The molecule has 0 radical (unpaired) electrons. The van der Waals surface area contributed by atoms with Gasteiger partial charge in [0.1, 0.15) is 0 Å². The molecule has 0 saturated carbocycles. The van der Waals surface area contributed by atoms with Crippen LogP contribution in [-0.4, -0.2) is 35.8 Å². The Morgan fingerprint density at radius 2 is 1.63 bits per heavy atom. The molecule has 1 aliphatic rings. The van der Waals surface area contributed by atoms with Gasteiger partial charge in [-0.2, -0.15) is 0 Å². The molecule has 2 rings (SSSR count). The smallest absolute Gasteiger partial charge is 0.346 e. The van der Waals surface area contributed by atoms with E-state index < -0.39 is 11.9 Å². The van der Waals surface area contributed by atoms with Crippen LogP contribution in [0.15, 0.2) is 24.3 Å². The summed E-state index contributed by atoms with van der Waals surface area (Å²) in [6, 6.07) is 6.40. The van der Waals surface area contributed by atoms with E-state index in [4.69, 9.17) is 0 Å². The molecule has 19 heavy (non-hydrogen) atoms. The van der Waals surface area contributed by atoms with Crippen LogP contribution in [0.2, 0.25) is 0 Å². The monoisotopic (exact) mass is 261 g/mol. The Bertz CT molecular complexity index is 518. The Morgan fingerprint density at radius 3 is 2.21 bits per heavy atom. The molecule has 1 aromatic rings. The van der Waals surface area contributed by atoms with E-state index in [2.05, 4.69) is 4.74 Å². The zero-order valence-corrected chi connectivity index (χ0v) is 10.7. The van der Waals surface area contributed by atoms with Crippen molar-refractivity contribution in [3.63, 3.8) is 0 Å². The van der Waals surface area contributed by atoms with Gasteiger partial charge in [-0.15, -0.1) is 0 Å². The molecule has 1 heterocycles. The fourth-order valence-corrected chi connectivity index (χ4v) is 2.12. The third-order valence-corrected chi connectivity index (χ3v) is 3.01. The number of nitrogens with zero attached hydrogens (tertiary/aromatic N) is 1. The minimum absolute atomic E-state index is 0.134. The molecule has 1 saturated heterocycles. The average Bonchev–Trinajstić information content (AvgIpc) is 2.91. The number of benzene rings is 1. The molecule has 0 aromatic heterocycles. The maximum atomic E-state index is 12.3. The fourth-order valence-electron chi connectivity index (χ4n) is 2.12. The molecular weight excluding hydrogens is 246 g/mol. The number of amides is 1. The molecular formula is C14H15NO4. The van der Waals surface area contributed by atoms with Gasteiger partial charge in [0.05, 0.1) is 11.1 Å². The number of ether oxygens (including phenoxy) is 1. The van der Waals surface area contributed by atoms with Gasteiger partial charge < -0.3 is 9.64 Å². The van der Waals surface area contributed by atoms with Crippen LogP contribution in [0.25, 0.3) is 0 Å². The Kier molecular flexibility index (Phi) is 3.94. The SMILES string of the molecule is CC(=O)OC(=O)c1ccccc1C(=O)N1CCCC1. The predicted octanol–water partition coefficient (Wildman–Crippen LogP) is 1.63. The van der Waals surface area contributed by atoms with Gasteiger partial charge in [-0.1, -0.05) is 12.1 Å². The van der Waals surface area contributed by atoms with Crippen LogP contribution in [0, 0.1) is 0 Å². The quantitative estimate of drug-likeness (QED) is 0.599. The van der Waals surface area contributed by atoms with Gasteiger partial charge in [-0.3, -0.25) is 9.59 Å². The average molecular weight is 261 g/mol. The maximum Gasteiger partial charge on any atom is 0.346 e. The first-order valence-corrected chi connectivity index (χ1v) is 6.20. The van der Waals surface area contributed by atoms with Crippen molar-refractivity contribution >= 4 is 17.8 Å². The summed E-state index contributed by atoms with van der Waals surface area (Å²) >= 11 is 0. The van der Waals surface area contributed by atoms with Crippen LogP contribution in [0.3, 0.4) is 0 Å². The van der Waals surface area contributed by atoms with Crippen molar-refractivity contribution < 1.29 is 19.1 Å². The van der Waals surface area contributed by atoms with Crippen LogP contribution in [0.5, 0.6) is 0 Å². The van der Waals surface area contributed by atoms with Gasteiger partial charge in [-0.25, -0.2) is 4.79 Å². The van der Waals surface area contributed by atoms with Crippen molar-refractivity contribution in [1.82, 2.24) is 4.90 Å². The van der Waals surface area contributed by atoms with Crippen LogP contribution >= 0.6 is 0 Å². The molecule has 0 atom stereocenters. The van der Waals surface area contributed by atoms with E-state index in [1.54, 1.807) is 23.1 Å². The maximum absolute atomic E-state index is 12.3. The molecule has 0 aliphatic carbocycles. The van der Waals surface area contributed by atoms with Crippen LogP contribution in [0.4, 0.5) is 0 Å². The normalized spacial score (nSPS) is 14.3. The lowest BCUT2D eigenvalue weighted by molar-refractivity contribution is -0.135. The van der Waals surface area contributed by atoms with Crippen LogP contribution in [0.1, 0.15) is 40.5 Å². The Labute approximate surface area is 111 Å². The molecule has 0 spiro atoms. The lowest BCUT2D eigenvalue weighted by Gasteiger charge is -2.16. The van der Waals surface area contributed by atoms with Gasteiger partial charge in [0.25, 0.3) is 5.91 Å². The van der Waals surface area contributed by atoms with Gasteiger partial charge in [-0.05, 0) is 25.0 Å². The summed E-state index contributed by atoms with van der Waals surface area (Å²) < 4.78 is 4.54. The zero-order chi connectivity index (χ0) is 13.8. The van der Waals surface area contributed by atoms with E-state index in [-0.39, 0.29) is 17.0 Å².